The summed E-state index contributed by atoms with van der Waals surface area (Å²) in [5.41, 5.74) is 12.3. The van der Waals surface area contributed by atoms with Crippen LogP contribution >= 0.6 is 0 Å². The van der Waals surface area contributed by atoms with Gasteiger partial charge in [0.05, 0.1) is 0 Å². The van der Waals surface area contributed by atoms with Crippen LogP contribution in [0.15, 0.2) is 261 Å². The van der Waals surface area contributed by atoms with Gasteiger partial charge < -0.3 is 0 Å². The Morgan fingerprint density at radius 1 is 0.203 bits per heavy atom. The van der Waals surface area contributed by atoms with Crippen molar-refractivity contribution in [2.45, 2.75) is 40.0 Å². The van der Waals surface area contributed by atoms with Crippen molar-refractivity contribution in [1.82, 2.24) is 0 Å². The molecule has 0 aliphatic rings. The molecule has 0 nitrogen and oxygen atoms in total. The van der Waals surface area contributed by atoms with E-state index in [0.29, 0.717) is 0 Å². The summed E-state index contributed by atoms with van der Waals surface area (Å²) >= 11 is 0. The van der Waals surface area contributed by atoms with Gasteiger partial charge in [-0.2, -0.15) is 0 Å². The molecule has 0 heteroatoms. The highest BCUT2D eigenvalue weighted by atomic mass is 14.2. The lowest BCUT2D eigenvalue weighted by Crippen LogP contribution is -1.92. The van der Waals surface area contributed by atoms with E-state index < -0.39 is 0 Å². The molecule has 0 unspecified atom stereocenters. The van der Waals surface area contributed by atoms with Crippen molar-refractivity contribution in [3.8, 4) is 33.4 Å². The average molecular weight is 947 g/mol. The average Bonchev–Trinajstić information content (AvgIpc) is 3.47. The number of hydrogen-bond donors (Lipinski definition) is 0. The summed E-state index contributed by atoms with van der Waals surface area (Å²) < 4.78 is 0. The summed E-state index contributed by atoms with van der Waals surface area (Å²) in [7, 11) is 0. The van der Waals surface area contributed by atoms with Crippen molar-refractivity contribution in [3.05, 3.63) is 278 Å². The normalized spacial score (nSPS) is 11.3. The first kappa shape index (κ1) is 46.2. The summed E-state index contributed by atoms with van der Waals surface area (Å²) in [6.07, 6.45) is 3.13. The highest BCUT2D eigenvalue weighted by Crippen LogP contribution is 2.44. The van der Waals surface area contributed by atoms with Crippen LogP contribution in [-0.2, 0) is 19.3 Å². The van der Waals surface area contributed by atoms with Gasteiger partial charge in [0.2, 0.25) is 0 Å². The van der Waals surface area contributed by atoms with Crippen molar-refractivity contribution in [2.24, 2.45) is 0 Å². The predicted molar refractivity (Wildman–Crippen MR) is 324 cm³/mol. The lowest BCUT2D eigenvalue weighted by Gasteiger charge is -2.17. The van der Waals surface area contributed by atoms with Crippen LogP contribution < -0.4 is 0 Å². The van der Waals surface area contributed by atoms with Crippen molar-refractivity contribution < 1.29 is 0 Å². The molecule has 0 amide bonds. The fourth-order valence-corrected chi connectivity index (χ4v) is 12.1. The highest BCUT2D eigenvalue weighted by molar-refractivity contribution is 6.19. The molecule has 14 aromatic rings. The van der Waals surface area contributed by atoms with Gasteiger partial charge in [-0.25, -0.2) is 0 Å². The highest BCUT2D eigenvalue weighted by Gasteiger charge is 2.18. The van der Waals surface area contributed by atoms with Crippen molar-refractivity contribution in [2.75, 3.05) is 0 Å². The van der Waals surface area contributed by atoms with Crippen LogP contribution in [0.4, 0.5) is 0 Å². The maximum atomic E-state index is 2.33. The van der Waals surface area contributed by atoms with E-state index in [1.54, 1.807) is 0 Å². The van der Waals surface area contributed by atoms with E-state index in [0.717, 1.165) is 19.3 Å². The molecule has 0 fully saturated rings. The Balaban J connectivity index is 0.000000113. The van der Waals surface area contributed by atoms with E-state index in [4.69, 9.17) is 0 Å². The predicted octanol–water partition coefficient (Wildman–Crippen LogP) is 21.0. The van der Waals surface area contributed by atoms with Gasteiger partial charge in [-0.3, -0.25) is 0 Å². The van der Waals surface area contributed by atoms with Crippen LogP contribution in [0.5, 0.6) is 0 Å². The van der Waals surface area contributed by atoms with Crippen LogP contribution in [0.1, 0.15) is 37.5 Å². The molecule has 74 heavy (non-hydrogen) atoms. The smallest absolute Gasteiger partial charge is 0.00204 e. The molecule has 0 bridgehead atoms. The molecule has 14 rings (SSSR count). The molecule has 0 saturated heterocycles. The Morgan fingerprint density at radius 3 is 0.932 bits per heavy atom. The van der Waals surface area contributed by atoms with E-state index in [1.807, 2.05) is 0 Å². The monoisotopic (exact) mass is 946 g/mol. The van der Waals surface area contributed by atoms with Gasteiger partial charge in [0.15, 0.2) is 0 Å². The lowest BCUT2D eigenvalue weighted by atomic mass is 9.86. The maximum Gasteiger partial charge on any atom is -0.00204 e. The molecule has 0 aliphatic heterocycles. The molecule has 0 heterocycles. The zero-order valence-corrected chi connectivity index (χ0v) is 42.4. The number of fused-ring (bicyclic) bond motifs is 8. The molecular weight excluding hydrogens is 889 g/mol. The van der Waals surface area contributed by atoms with Crippen LogP contribution in [0.25, 0.3) is 120 Å². The zero-order chi connectivity index (χ0) is 50.0. The van der Waals surface area contributed by atoms with E-state index in [9.17, 15) is 0 Å². The SMILES string of the molecule is CCc1c2ccccc2c(-c2ccc3ccccc3c2)c2ccccc12.CCc1c2ccccc2c(-c2cccc3ccccc23)c2ccccc12.CCc1c2ccccc2c(-c2ccccc2)c2ccccc12. The molecule has 0 saturated carbocycles. The molecule has 0 radical (unpaired) electrons. The third kappa shape index (κ3) is 8.23. The van der Waals surface area contributed by atoms with Gasteiger partial charge in [-0.05, 0) is 162 Å². The summed E-state index contributed by atoms with van der Waals surface area (Å²) in [5, 5.41) is 21.5. The second-order valence-electron chi connectivity index (χ2n) is 19.3. The number of benzene rings is 14. The van der Waals surface area contributed by atoms with Crippen LogP contribution in [0.2, 0.25) is 0 Å². The van der Waals surface area contributed by atoms with E-state index in [2.05, 4.69) is 282 Å². The van der Waals surface area contributed by atoms with Gasteiger partial charge in [0, 0.05) is 0 Å². The topological polar surface area (TPSA) is 0 Å². The summed E-state index contributed by atoms with van der Waals surface area (Å²) in [4.78, 5) is 0. The van der Waals surface area contributed by atoms with Gasteiger partial charge in [-0.15, -0.1) is 0 Å². The first-order valence-corrected chi connectivity index (χ1v) is 26.4. The number of aryl methyl sites for hydroxylation is 3. The Hall–Kier alpha value is -8.84. The zero-order valence-electron chi connectivity index (χ0n) is 42.4. The maximum absolute atomic E-state index is 2.33. The Bertz CT molecular complexity index is 4180. The largest absolute Gasteiger partial charge is 0.0622 e. The Labute approximate surface area is 434 Å². The van der Waals surface area contributed by atoms with Gasteiger partial charge in [-0.1, -0.05) is 276 Å². The molecule has 0 aliphatic carbocycles. The van der Waals surface area contributed by atoms with Crippen LogP contribution in [0.3, 0.4) is 0 Å². The minimum atomic E-state index is 1.04. The molecule has 14 aromatic carbocycles. The van der Waals surface area contributed by atoms with Gasteiger partial charge >= 0.3 is 0 Å². The third-order valence-corrected chi connectivity index (χ3v) is 15.3. The van der Waals surface area contributed by atoms with Crippen molar-refractivity contribution in [3.63, 3.8) is 0 Å². The molecular formula is C74H58. The van der Waals surface area contributed by atoms with E-state index >= 15 is 0 Å². The Kier molecular flexibility index (Phi) is 12.7. The summed E-state index contributed by atoms with van der Waals surface area (Å²) in [6, 6.07) is 94.5. The fourth-order valence-electron chi connectivity index (χ4n) is 12.1. The van der Waals surface area contributed by atoms with Crippen molar-refractivity contribution in [1.29, 1.82) is 0 Å². The lowest BCUT2D eigenvalue weighted by molar-refractivity contribution is 1.18. The molecule has 0 N–H and O–H groups in total. The molecule has 354 valence electrons. The second-order valence-corrected chi connectivity index (χ2v) is 19.3. The number of hydrogen-bond acceptors (Lipinski definition) is 0. The van der Waals surface area contributed by atoms with Crippen LogP contribution in [0, 0.1) is 0 Å². The van der Waals surface area contributed by atoms with Crippen molar-refractivity contribution >= 4 is 86.2 Å². The second kappa shape index (κ2) is 20.3. The van der Waals surface area contributed by atoms with Crippen LogP contribution in [-0.4, -0.2) is 0 Å². The summed E-state index contributed by atoms with van der Waals surface area (Å²) in [6.45, 7) is 6.76. The molecule has 0 aromatic heterocycles. The standard InChI is InChI=1S/2C26H20.C22H18/c1-2-19-21-13-5-7-15-24(21)26(25-16-8-6-14-22(19)25)23-17-9-11-18-10-3-4-12-20(18)23;1-2-21-22-11-5-7-13-24(22)26(25-14-8-6-12-23(21)25)20-16-15-18-9-3-4-10-19(18)17-20;1-2-17-18-12-6-8-14-20(18)22(16-10-4-3-5-11-16)21-15-9-7-13-19(17)21/h2*3-17H,2H2,1H3;3-15H,2H2,1H3. The number of rotatable bonds is 6. The minimum Gasteiger partial charge on any atom is -0.0622 e. The molecule has 0 atom stereocenters. The van der Waals surface area contributed by atoms with E-state index in [-0.39, 0.29) is 0 Å². The third-order valence-electron chi connectivity index (χ3n) is 15.3. The minimum absolute atomic E-state index is 1.04. The first-order valence-electron chi connectivity index (χ1n) is 26.4. The fraction of sp³-hybridized carbons (Fsp3) is 0.0811. The Morgan fingerprint density at radius 2 is 0.514 bits per heavy atom. The quantitative estimate of drug-likeness (QED) is 0.146. The van der Waals surface area contributed by atoms with E-state index in [1.165, 1.54) is 136 Å². The first-order chi connectivity index (χ1) is 36.6. The summed E-state index contributed by atoms with van der Waals surface area (Å²) in [5.74, 6) is 0. The van der Waals surface area contributed by atoms with Gasteiger partial charge in [0.25, 0.3) is 0 Å². The molecule has 0 spiro atoms. The van der Waals surface area contributed by atoms with Gasteiger partial charge in [0.1, 0.15) is 0 Å².